The van der Waals surface area contributed by atoms with Gasteiger partial charge in [0.05, 0.1) is 17.8 Å². The average molecular weight is 196 g/mol. The molecule has 0 saturated heterocycles. The number of amides is 1. The number of aromatic amines is 1. The van der Waals surface area contributed by atoms with Crippen LogP contribution >= 0.6 is 0 Å². The van der Waals surface area contributed by atoms with Gasteiger partial charge in [0.1, 0.15) is 0 Å². The van der Waals surface area contributed by atoms with E-state index in [1.54, 1.807) is 19.3 Å². The van der Waals surface area contributed by atoms with Crippen molar-refractivity contribution in [1.82, 2.24) is 15.5 Å². The molecule has 1 unspecified atom stereocenters. The minimum absolute atomic E-state index is 0.170. The molecule has 5 nitrogen and oxygen atoms in total. The SMILES string of the molecule is CC(N)C(=O)NC(C)(C)c1cn[nH]c1. The third-order valence-corrected chi connectivity index (χ3v) is 2.07. The van der Waals surface area contributed by atoms with Crippen LogP contribution < -0.4 is 11.1 Å². The number of hydrogen-bond acceptors (Lipinski definition) is 3. The second kappa shape index (κ2) is 3.79. The lowest BCUT2D eigenvalue weighted by Gasteiger charge is -2.25. The van der Waals surface area contributed by atoms with E-state index in [0.717, 1.165) is 5.56 Å². The van der Waals surface area contributed by atoms with Crippen LogP contribution in [0, 0.1) is 0 Å². The third-order valence-electron chi connectivity index (χ3n) is 2.07. The molecule has 0 aliphatic rings. The van der Waals surface area contributed by atoms with Crippen LogP contribution in [0.15, 0.2) is 12.4 Å². The maximum Gasteiger partial charge on any atom is 0.237 e. The molecule has 0 saturated carbocycles. The topological polar surface area (TPSA) is 83.8 Å². The van der Waals surface area contributed by atoms with Gasteiger partial charge in [0, 0.05) is 11.8 Å². The van der Waals surface area contributed by atoms with E-state index in [2.05, 4.69) is 15.5 Å². The Bertz CT molecular complexity index is 303. The molecular formula is C9H16N4O. The van der Waals surface area contributed by atoms with Crippen molar-refractivity contribution in [2.75, 3.05) is 0 Å². The van der Waals surface area contributed by atoms with Gasteiger partial charge in [-0.1, -0.05) is 0 Å². The smallest absolute Gasteiger partial charge is 0.237 e. The molecule has 1 rings (SSSR count). The molecule has 0 aliphatic carbocycles. The molecule has 0 spiro atoms. The fraction of sp³-hybridized carbons (Fsp3) is 0.556. The van der Waals surface area contributed by atoms with Crippen LogP contribution in [0.4, 0.5) is 0 Å². The number of nitrogens with zero attached hydrogens (tertiary/aromatic N) is 1. The van der Waals surface area contributed by atoms with Gasteiger partial charge >= 0.3 is 0 Å². The molecule has 0 aliphatic heterocycles. The zero-order valence-corrected chi connectivity index (χ0v) is 8.66. The van der Waals surface area contributed by atoms with Gasteiger partial charge < -0.3 is 11.1 Å². The number of nitrogens with one attached hydrogen (secondary N) is 2. The highest BCUT2D eigenvalue weighted by molar-refractivity contribution is 5.81. The van der Waals surface area contributed by atoms with Crippen LogP contribution in [-0.4, -0.2) is 22.1 Å². The lowest BCUT2D eigenvalue weighted by molar-refractivity contribution is -0.123. The molecule has 1 heterocycles. The molecule has 1 aromatic heterocycles. The first kappa shape index (κ1) is 10.7. The zero-order valence-electron chi connectivity index (χ0n) is 8.66. The first-order chi connectivity index (χ1) is 6.43. The fourth-order valence-electron chi connectivity index (χ4n) is 1.09. The Kier molecular flexibility index (Phi) is 2.90. The summed E-state index contributed by atoms with van der Waals surface area (Å²) in [5, 5.41) is 9.37. The first-order valence-corrected chi connectivity index (χ1v) is 4.50. The molecule has 1 aromatic rings. The van der Waals surface area contributed by atoms with Crippen LogP contribution in [0.2, 0.25) is 0 Å². The molecule has 1 amide bonds. The summed E-state index contributed by atoms with van der Waals surface area (Å²) in [5.74, 6) is -0.170. The second-order valence-corrected chi connectivity index (χ2v) is 3.89. The first-order valence-electron chi connectivity index (χ1n) is 4.50. The van der Waals surface area contributed by atoms with Gasteiger partial charge in [-0.2, -0.15) is 5.10 Å². The largest absolute Gasteiger partial charge is 0.346 e. The van der Waals surface area contributed by atoms with E-state index in [1.165, 1.54) is 0 Å². The Balaban J connectivity index is 2.72. The van der Waals surface area contributed by atoms with Crippen LogP contribution in [-0.2, 0) is 10.3 Å². The molecule has 1 atom stereocenters. The number of hydrogen-bond donors (Lipinski definition) is 3. The van der Waals surface area contributed by atoms with Crippen LogP contribution in [0.5, 0.6) is 0 Å². The van der Waals surface area contributed by atoms with Crippen molar-refractivity contribution >= 4 is 5.91 Å². The Labute approximate surface area is 83.1 Å². The summed E-state index contributed by atoms with van der Waals surface area (Å²) in [6.07, 6.45) is 3.43. The predicted octanol–water partition coefficient (Wildman–Crippen LogP) is 0.108. The highest BCUT2D eigenvalue weighted by Gasteiger charge is 2.24. The van der Waals surface area contributed by atoms with E-state index in [1.807, 2.05) is 13.8 Å². The molecular weight excluding hydrogens is 180 g/mol. The van der Waals surface area contributed by atoms with E-state index in [4.69, 9.17) is 5.73 Å². The molecule has 0 aromatic carbocycles. The van der Waals surface area contributed by atoms with Gasteiger partial charge in [0.2, 0.25) is 5.91 Å². The van der Waals surface area contributed by atoms with Crippen molar-refractivity contribution in [2.24, 2.45) is 5.73 Å². The maximum absolute atomic E-state index is 11.4. The number of carbonyl (C=O) groups is 1. The average Bonchev–Trinajstić information content (AvgIpc) is 2.54. The minimum Gasteiger partial charge on any atom is -0.346 e. The fourth-order valence-corrected chi connectivity index (χ4v) is 1.09. The van der Waals surface area contributed by atoms with Crippen molar-refractivity contribution < 1.29 is 4.79 Å². The van der Waals surface area contributed by atoms with Gasteiger partial charge in [-0.05, 0) is 20.8 Å². The van der Waals surface area contributed by atoms with Crippen LogP contribution in [0.3, 0.4) is 0 Å². The Morgan fingerprint density at radius 2 is 2.36 bits per heavy atom. The van der Waals surface area contributed by atoms with Gasteiger partial charge in [0.15, 0.2) is 0 Å². The summed E-state index contributed by atoms with van der Waals surface area (Å²) in [4.78, 5) is 11.4. The Morgan fingerprint density at radius 3 is 2.79 bits per heavy atom. The standard InChI is InChI=1S/C9H16N4O/c1-6(10)8(14)13-9(2,3)7-4-11-12-5-7/h4-6H,10H2,1-3H3,(H,11,12)(H,13,14). The lowest BCUT2D eigenvalue weighted by atomic mass is 9.97. The summed E-state index contributed by atoms with van der Waals surface area (Å²) >= 11 is 0. The maximum atomic E-state index is 11.4. The number of nitrogens with two attached hydrogens (primary N) is 1. The Morgan fingerprint density at radius 1 is 1.71 bits per heavy atom. The molecule has 0 radical (unpaired) electrons. The predicted molar refractivity (Wildman–Crippen MR) is 53.4 cm³/mol. The normalized spacial score (nSPS) is 13.7. The van der Waals surface area contributed by atoms with Crippen molar-refractivity contribution in [2.45, 2.75) is 32.4 Å². The molecule has 78 valence electrons. The van der Waals surface area contributed by atoms with E-state index < -0.39 is 11.6 Å². The van der Waals surface area contributed by atoms with E-state index in [9.17, 15) is 4.79 Å². The number of aromatic nitrogens is 2. The highest BCUT2D eigenvalue weighted by atomic mass is 16.2. The number of H-pyrrole nitrogens is 1. The minimum atomic E-state index is -0.499. The molecule has 4 N–H and O–H groups in total. The highest BCUT2D eigenvalue weighted by Crippen LogP contribution is 2.17. The van der Waals surface area contributed by atoms with Gasteiger partial charge in [-0.15, -0.1) is 0 Å². The van der Waals surface area contributed by atoms with Crippen molar-refractivity contribution in [1.29, 1.82) is 0 Å². The summed E-state index contributed by atoms with van der Waals surface area (Å²) < 4.78 is 0. The van der Waals surface area contributed by atoms with Crippen LogP contribution in [0.25, 0.3) is 0 Å². The van der Waals surface area contributed by atoms with E-state index in [0.29, 0.717) is 0 Å². The van der Waals surface area contributed by atoms with Crippen LogP contribution in [0.1, 0.15) is 26.3 Å². The van der Waals surface area contributed by atoms with Gasteiger partial charge in [-0.3, -0.25) is 9.89 Å². The monoisotopic (exact) mass is 196 g/mol. The quantitative estimate of drug-likeness (QED) is 0.641. The molecule has 0 bridgehead atoms. The van der Waals surface area contributed by atoms with Crippen molar-refractivity contribution in [3.63, 3.8) is 0 Å². The summed E-state index contributed by atoms with van der Waals surface area (Å²) in [6.45, 7) is 5.46. The van der Waals surface area contributed by atoms with Crippen molar-refractivity contribution in [3.05, 3.63) is 18.0 Å². The zero-order chi connectivity index (χ0) is 10.8. The summed E-state index contributed by atoms with van der Waals surface area (Å²) in [7, 11) is 0. The Hall–Kier alpha value is -1.36. The number of rotatable bonds is 3. The molecule has 0 fully saturated rings. The molecule has 5 heteroatoms. The van der Waals surface area contributed by atoms with E-state index in [-0.39, 0.29) is 5.91 Å². The van der Waals surface area contributed by atoms with E-state index >= 15 is 0 Å². The molecule has 14 heavy (non-hydrogen) atoms. The van der Waals surface area contributed by atoms with Crippen molar-refractivity contribution in [3.8, 4) is 0 Å². The van der Waals surface area contributed by atoms with Gasteiger partial charge in [-0.25, -0.2) is 0 Å². The second-order valence-electron chi connectivity index (χ2n) is 3.89. The van der Waals surface area contributed by atoms with Gasteiger partial charge in [0.25, 0.3) is 0 Å². The summed E-state index contributed by atoms with van der Waals surface area (Å²) in [6, 6.07) is -0.499. The third kappa shape index (κ3) is 2.32. The lowest BCUT2D eigenvalue weighted by Crippen LogP contribution is -2.47. The number of carbonyl (C=O) groups excluding carboxylic acids is 1. The summed E-state index contributed by atoms with van der Waals surface area (Å²) in [5.41, 5.74) is 5.94.